The first kappa shape index (κ1) is 17.6. The second-order valence-electron chi connectivity index (χ2n) is 5.28. The summed E-state index contributed by atoms with van der Waals surface area (Å²) >= 11 is 0. The van der Waals surface area contributed by atoms with E-state index in [2.05, 4.69) is 15.0 Å². The van der Waals surface area contributed by atoms with Gasteiger partial charge in [-0.1, -0.05) is 18.2 Å². The number of halogens is 1. The Kier molecular flexibility index (Phi) is 4.94. The number of benzene rings is 2. The summed E-state index contributed by atoms with van der Waals surface area (Å²) in [5.74, 6) is -1.08. The van der Waals surface area contributed by atoms with Gasteiger partial charge in [-0.15, -0.1) is 0 Å². The van der Waals surface area contributed by atoms with Gasteiger partial charge in [-0.25, -0.2) is 12.8 Å². The molecule has 0 aliphatic carbocycles. The summed E-state index contributed by atoms with van der Waals surface area (Å²) < 4.78 is 40.5. The smallest absolute Gasteiger partial charge is 0.274 e. The summed E-state index contributed by atoms with van der Waals surface area (Å²) in [7, 11) is -3.95. The molecule has 0 unspecified atom stereocenters. The first-order valence-electron chi connectivity index (χ1n) is 7.55. The maximum absolute atomic E-state index is 13.6. The molecule has 0 fully saturated rings. The summed E-state index contributed by atoms with van der Waals surface area (Å²) in [6.45, 7) is 0. The molecule has 0 saturated carbocycles. The fourth-order valence-electron chi connectivity index (χ4n) is 2.16. The van der Waals surface area contributed by atoms with Crippen LogP contribution >= 0.6 is 0 Å². The minimum Gasteiger partial charge on any atom is -0.321 e. The Bertz CT molecular complexity index is 1020. The Balaban J connectivity index is 1.74. The minimum absolute atomic E-state index is 0.0587. The number of rotatable bonds is 5. The number of nitrogens with one attached hydrogen (secondary N) is 2. The summed E-state index contributed by atoms with van der Waals surface area (Å²) in [4.78, 5) is 15.9. The highest BCUT2D eigenvalue weighted by Crippen LogP contribution is 2.20. The molecule has 0 radical (unpaired) electrons. The number of carbonyl (C=O) groups excluding carboxylic acids is 1. The van der Waals surface area contributed by atoms with E-state index < -0.39 is 21.7 Å². The summed E-state index contributed by atoms with van der Waals surface area (Å²) in [5.41, 5.74) is 0.510. The number of hydrogen-bond acceptors (Lipinski definition) is 4. The van der Waals surface area contributed by atoms with Crippen molar-refractivity contribution in [2.45, 2.75) is 4.90 Å². The number of amides is 1. The highest BCUT2D eigenvalue weighted by atomic mass is 32.2. The van der Waals surface area contributed by atoms with Crippen molar-refractivity contribution in [2.24, 2.45) is 0 Å². The van der Waals surface area contributed by atoms with Gasteiger partial charge in [-0.05, 0) is 48.5 Å². The average Bonchev–Trinajstić information content (AvgIpc) is 2.65. The van der Waals surface area contributed by atoms with Gasteiger partial charge < -0.3 is 5.32 Å². The Morgan fingerprint density at radius 1 is 0.923 bits per heavy atom. The summed E-state index contributed by atoms with van der Waals surface area (Å²) in [6.07, 6.45) is 1.50. The molecule has 0 aliphatic heterocycles. The largest absolute Gasteiger partial charge is 0.321 e. The van der Waals surface area contributed by atoms with Gasteiger partial charge in [0, 0.05) is 11.9 Å². The zero-order valence-electron chi connectivity index (χ0n) is 13.4. The summed E-state index contributed by atoms with van der Waals surface area (Å²) in [6, 6.07) is 15.9. The molecule has 1 amide bonds. The highest BCUT2D eigenvalue weighted by Gasteiger charge is 2.16. The van der Waals surface area contributed by atoms with Crippen LogP contribution in [-0.2, 0) is 10.0 Å². The zero-order valence-corrected chi connectivity index (χ0v) is 14.2. The topological polar surface area (TPSA) is 88.2 Å². The number of carbonyl (C=O) groups is 1. The summed E-state index contributed by atoms with van der Waals surface area (Å²) in [5, 5.41) is 2.62. The van der Waals surface area contributed by atoms with Crippen molar-refractivity contribution < 1.29 is 17.6 Å². The first-order valence-corrected chi connectivity index (χ1v) is 9.04. The molecule has 26 heavy (non-hydrogen) atoms. The molecule has 0 spiro atoms. The first-order chi connectivity index (χ1) is 12.5. The third-order valence-electron chi connectivity index (χ3n) is 3.44. The van der Waals surface area contributed by atoms with Gasteiger partial charge in [0.05, 0.1) is 10.6 Å². The molecule has 3 aromatic rings. The number of aromatic nitrogens is 1. The Morgan fingerprint density at radius 2 is 1.62 bits per heavy atom. The van der Waals surface area contributed by atoms with Gasteiger partial charge in [0.1, 0.15) is 11.5 Å². The van der Waals surface area contributed by atoms with E-state index in [1.165, 1.54) is 48.7 Å². The number of para-hydroxylation sites is 1. The fourth-order valence-corrected chi connectivity index (χ4v) is 3.22. The van der Waals surface area contributed by atoms with Crippen molar-refractivity contribution in [3.63, 3.8) is 0 Å². The van der Waals surface area contributed by atoms with Gasteiger partial charge in [0.2, 0.25) is 0 Å². The van der Waals surface area contributed by atoms with E-state index in [1.54, 1.807) is 18.2 Å². The Hall–Kier alpha value is -3.26. The number of pyridine rings is 1. The highest BCUT2D eigenvalue weighted by molar-refractivity contribution is 7.92. The molecular weight excluding hydrogens is 357 g/mol. The van der Waals surface area contributed by atoms with Crippen LogP contribution in [0.3, 0.4) is 0 Å². The lowest BCUT2D eigenvalue weighted by molar-refractivity contribution is 0.102. The molecule has 3 rings (SSSR count). The van der Waals surface area contributed by atoms with Crippen molar-refractivity contribution >= 4 is 27.3 Å². The molecule has 0 bridgehead atoms. The quantitative estimate of drug-likeness (QED) is 0.720. The molecule has 1 aromatic heterocycles. The Morgan fingerprint density at radius 3 is 2.27 bits per heavy atom. The van der Waals surface area contributed by atoms with Crippen LogP contribution in [0.5, 0.6) is 0 Å². The third-order valence-corrected chi connectivity index (χ3v) is 4.82. The second-order valence-corrected chi connectivity index (χ2v) is 6.96. The van der Waals surface area contributed by atoms with E-state index in [1.807, 2.05) is 0 Å². The van der Waals surface area contributed by atoms with E-state index in [9.17, 15) is 17.6 Å². The molecule has 0 aliphatic rings. The minimum atomic E-state index is -3.95. The predicted octanol–water partition coefficient (Wildman–Crippen LogP) is 3.27. The van der Waals surface area contributed by atoms with Gasteiger partial charge >= 0.3 is 0 Å². The van der Waals surface area contributed by atoms with Gasteiger partial charge in [0.25, 0.3) is 15.9 Å². The fraction of sp³-hybridized carbons (Fsp3) is 0. The van der Waals surface area contributed by atoms with Gasteiger partial charge in [-0.3, -0.25) is 14.5 Å². The predicted molar refractivity (Wildman–Crippen MR) is 95.8 cm³/mol. The van der Waals surface area contributed by atoms with Crippen molar-refractivity contribution in [1.29, 1.82) is 0 Å². The monoisotopic (exact) mass is 371 g/mol. The van der Waals surface area contributed by atoms with E-state index >= 15 is 0 Å². The second kappa shape index (κ2) is 7.32. The van der Waals surface area contributed by atoms with E-state index in [4.69, 9.17) is 0 Å². The molecule has 1 heterocycles. The van der Waals surface area contributed by atoms with Crippen LogP contribution in [0, 0.1) is 5.82 Å². The van der Waals surface area contributed by atoms with Gasteiger partial charge in [0.15, 0.2) is 0 Å². The van der Waals surface area contributed by atoms with Crippen molar-refractivity contribution in [2.75, 3.05) is 10.0 Å². The van der Waals surface area contributed by atoms with E-state index in [0.29, 0.717) is 5.69 Å². The van der Waals surface area contributed by atoms with Crippen LogP contribution in [0.4, 0.5) is 15.8 Å². The van der Waals surface area contributed by atoms with Crippen LogP contribution in [0.1, 0.15) is 10.5 Å². The maximum Gasteiger partial charge on any atom is 0.274 e. The molecule has 6 nitrogen and oxygen atoms in total. The normalized spacial score (nSPS) is 11.0. The molecular formula is C18H14FN3O3S. The number of hydrogen-bond donors (Lipinski definition) is 2. The molecule has 0 saturated heterocycles. The SMILES string of the molecule is O=C(Nc1ccc(S(=O)(=O)Nc2ccccc2F)cc1)c1ccccn1. The van der Waals surface area contributed by atoms with Crippen LogP contribution in [0.2, 0.25) is 0 Å². The van der Waals surface area contributed by atoms with Gasteiger partial charge in [-0.2, -0.15) is 0 Å². The lowest BCUT2D eigenvalue weighted by Gasteiger charge is -2.10. The molecule has 8 heteroatoms. The van der Waals surface area contributed by atoms with E-state index in [0.717, 1.165) is 6.07 Å². The van der Waals surface area contributed by atoms with Crippen molar-refractivity contribution in [3.05, 3.63) is 84.4 Å². The standard InChI is InChI=1S/C18H14FN3O3S/c19-15-5-1-2-6-16(15)22-26(24,25)14-10-8-13(9-11-14)21-18(23)17-7-3-4-12-20-17/h1-12,22H,(H,21,23). The average molecular weight is 371 g/mol. The van der Waals surface area contributed by atoms with E-state index in [-0.39, 0.29) is 16.3 Å². The third kappa shape index (κ3) is 4.04. The molecule has 132 valence electrons. The van der Waals surface area contributed by atoms with Crippen molar-refractivity contribution in [3.8, 4) is 0 Å². The number of nitrogens with zero attached hydrogens (tertiary/aromatic N) is 1. The number of sulfonamides is 1. The lowest BCUT2D eigenvalue weighted by Crippen LogP contribution is -2.15. The zero-order chi connectivity index (χ0) is 18.6. The maximum atomic E-state index is 13.6. The van der Waals surface area contributed by atoms with Crippen LogP contribution in [-0.4, -0.2) is 19.3 Å². The van der Waals surface area contributed by atoms with Crippen LogP contribution in [0.15, 0.2) is 77.8 Å². The van der Waals surface area contributed by atoms with Crippen LogP contribution < -0.4 is 10.0 Å². The van der Waals surface area contributed by atoms with Crippen LogP contribution in [0.25, 0.3) is 0 Å². The van der Waals surface area contributed by atoms with Crippen molar-refractivity contribution in [1.82, 2.24) is 4.98 Å². The Labute approximate surface area is 149 Å². The lowest BCUT2D eigenvalue weighted by atomic mass is 10.3. The number of anilines is 2. The molecule has 0 atom stereocenters. The molecule has 2 aromatic carbocycles. The molecule has 2 N–H and O–H groups in total.